The Hall–Kier alpha value is -1.26. The Kier molecular flexibility index (Phi) is 4.55. The molecular weight excluding hydrogens is 256 g/mol. The third-order valence-electron chi connectivity index (χ3n) is 4.87. The number of aliphatic carboxylic acids is 1. The summed E-state index contributed by atoms with van der Waals surface area (Å²) in [6.07, 6.45) is 5.14. The van der Waals surface area contributed by atoms with E-state index in [-0.39, 0.29) is 12.1 Å². The Labute approximate surface area is 120 Å². The van der Waals surface area contributed by atoms with Crippen molar-refractivity contribution in [3.8, 4) is 0 Å². The molecule has 1 heterocycles. The summed E-state index contributed by atoms with van der Waals surface area (Å²) in [7, 11) is 0. The molecule has 0 aromatic rings. The van der Waals surface area contributed by atoms with Gasteiger partial charge in [-0.15, -0.1) is 0 Å². The smallest absolute Gasteiger partial charge is 0.317 e. The molecule has 1 aliphatic carbocycles. The molecule has 1 saturated carbocycles. The summed E-state index contributed by atoms with van der Waals surface area (Å²) in [6, 6.07) is 0.212. The molecule has 5 heteroatoms. The molecule has 2 N–H and O–H groups in total. The zero-order valence-corrected chi connectivity index (χ0v) is 12.5. The van der Waals surface area contributed by atoms with Crippen molar-refractivity contribution in [2.45, 2.75) is 58.4 Å². The molecule has 5 nitrogen and oxygen atoms in total. The summed E-state index contributed by atoms with van der Waals surface area (Å²) >= 11 is 0. The zero-order chi connectivity index (χ0) is 14.8. The van der Waals surface area contributed by atoms with Crippen LogP contribution in [0.4, 0.5) is 4.79 Å². The first kappa shape index (κ1) is 15.1. The summed E-state index contributed by atoms with van der Waals surface area (Å²) in [5, 5.41) is 12.5. The number of rotatable bonds is 5. The highest BCUT2D eigenvalue weighted by Crippen LogP contribution is 2.37. The first-order valence-electron chi connectivity index (χ1n) is 7.77. The number of urea groups is 1. The standard InChI is InChI=1S/C15H26N2O3/c1-3-6-15(13(18)19)7-9-17(10-8-15)14(20)16-11(2)12-4-5-12/h11-12H,3-10H2,1-2H3,(H,16,20)(H,18,19). The molecule has 114 valence electrons. The number of amides is 2. The fourth-order valence-corrected chi connectivity index (χ4v) is 3.19. The minimum Gasteiger partial charge on any atom is -0.481 e. The minimum atomic E-state index is -0.703. The monoisotopic (exact) mass is 282 g/mol. The lowest BCUT2D eigenvalue weighted by Gasteiger charge is -2.39. The van der Waals surface area contributed by atoms with E-state index in [9.17, 15) is 14.7 Å². The number of piperidine rings is 1. The van der Waals surface area contributed by atoms with Crippen LogP contribution < -0.4 is 5.32 Å². The number of carboxylic acid groups (broad SMARTS) is 1. The van der Waals surface area contributed by atoms with E-state index in [0.29, 0.717) is 38.3 Å². The van der Waals surface area contributed by atoms with E-state index in [1.807, 2.05) is 6.92 Å². The Balaban J connectivity index is 1.86. The van der Waals surface area contributed by atoms with Crippen LogP contribution in [0.25, 0.3) is 0 Å². The topological polar surface area (TPSA) is 69.6 Å². The second kappa shape index (κ2) is 6.02. The molecule has 0 radical (unpaired) electrons. The molecule has 20 heavy (non-hydrogen) atoms. The van der Waals surface area contributed by atoms with E-state index >= 15 is 0 Å². The Morgan fingerprint density at radius 3 is 2.40 bits per heavy atom. The predicted molar refractivity (Wildman–Crippen MR) is 76.5 cm³/mol. The van der Waals surface area contributed by atoms with Crippen molar-refractivity contribution in [2.75, 3.05) is 13.1 Å². The van der Waals surface area contributed by atoms with Gasteiger partial charge in [0.05, 0.1) is 5.41 Å². The Morgan fingerprint density at radius 2 is 1.95 bits per heavy atom. The van der Waals surface area contributed by atoms with Gasteiger partial charge in [-0.25, -0.2) is 4.79 Å². The fraction of sp³-hybridized carbons (Fsp3) is 0.867. The molecule has 2 fully saturated rings. The predicted octanol–water partition coefficient (Wildman–Crippen LogP) is 2.46. The summed E-state index contributed by atoms with van der Waals surface area (Å²) < 4.78 is 0. The van der Waals surface area contributed by atoms with Gasteiger partial charge in [0.2, 0.25) is 0 Å². The Morgan fingerprint density at radius 1 is 1.35 bits per heavy atom. The average molecular weight is 282 g/mol. The van der Waals surface area contributed by atoms with Crippen LogP contribution in [0.1, 0.15) is 52.4 Å². The van der Waals surface area contributed by atoms with Crippen molar-refractivity contribution < 1.29 is 14.7 Å². The van der Waals surface area contributed by atoms with E-state index in [1.54, 1.807) is 4.90 Å². The molecular formula is C15H26N2O3. The normalized spacial score (nSPS) is 23.2. The third kappa shape index (κ3) is 3.25. The Bertz CT molecular complexity index is 371. The van der Waals surface area contributed by atoms with Crippen LogP contribution in [-0.4, -0.2) is 41.1 Å². The second-order valence-electron chi connectivity index (χ2n) is 6.40. The largest absolute Gasteiger partial charge is 0.481 e. The van der Waals surface area contributed by atoms with Crippen molar-refractivity contribution in [3.05, 3.63) is 0 Å². The van der Waals surface area contributed by atoms with Gasteiger partial charge in [-0.05, 0) is 44.9 Å². The highest BCUT2D eigenvalue weighted by molar-refractivity contribution is 5.77. The van der Waals surface area contributed by atoms with Gasteiger partial charge in [0, 0.05) is 19.1 Å². The minimum absolute atomic E-state index is 0.0279. The van der Waals surface area contributed by atoms with Crippen LogP contribution in [0.5, 0.6) is 0 Å². The maximum atomic E-state index is 12.1. The van der Waals surface area contributed by atoms with Crippen molar-refractivity contribution >= 4 is 12.0 Å². The number of likely N-dealkylation sites (tertiary alicyclic amines) is 1. The summed E-state index contributed by atoms with van der Waals surface area (Å²) in [4.78, 5) is 25.4. The number of hydrogen-bond donors (Lipinski definition) is 2. The van der Waals surface area contributed by atoms with E-state index < -0.39 is 11.4 Å². The molecule has 1 aliphatic heterocycles. The van der Waals surface area contributed by atoms with E-state index in [1.165, 1.54) is 12.8 Å². The lowest BCUT2D eigenvalue weighted by atomic mass is 9.75. The molecule has 2 rings (SSSR count). The SMILES string of the molecule is CCCC1(C(=O)O)CCN(C(=O)NC(C)C2CC2)CC1. The molecule has 1 unspecified atom stereocenters. The van der Waals surface area contributed by atoms with E-state index in [0.717, 1.165) is 6.42 Å². The summed E-state index contributed by atoms with van der Waals surface area (Å²) in [6.45, 7) is 5.17. The highest BCUT2D eigenvalue weighted by atomic mass is 16.4. The van der Waals surface area contributed by atoms with Crippen molar-refractivity contribution in [1.82, 2.24) is 10.2 Å². The third-order valence-corrected chi connectivity index (χ3v) is 4.87. The molecule has 0 aromatic carbocycles. The lowest BCUT2D eigenvalue weighted by Crippen LogP contribution is -2.51. The quantitative estimate of drug-likeness (QED) is 0.813. The molecule has 2 amide bonds. The average Bonchev–Trinajstić information content (AvgIpc) is 3.23. The molecule has 1 saturated heterocycles. The number of carbonyl (C=O) groups is 2. The summed E-state index contributed by atoms with van der Waals surface area (Å²) in [5.41, 5.74) is -0.617. The fourth-order valence-electron chi connectivity index (χ4n) is 3.19. The van der Waals surface area contributed by atoms with Gasteiger partial charge < -0.3 is 15.3 Å². The van der Waals surface area contributed by atoms with Gasteiger partial charge in [0.15, 0.2) is 0 Å². The number of nitrogens with zero attached hydrogens (tertiary/aromatic N) is 1. The van der Waals surface area contributed by atoms with Gasteiger partial charge in [-0.2, -0.15) is 0 Å². The van der Waals surface area contributed by atoms with Gasteiger partial charge in [-0.1, -0.05) is 13.3 Å². The van der Waals surface area contributed by atoms with E-state index in [4.69, 9.17) is 0 Å². The second-order valence-corrected chi connectivity index (χ2v) is 6.40. The first-order chi connectivity index (χ1) is 9.48. The number of nitrogens with one attached hydrogen (secondary N) is 1. The van der Waals surface area contributed by atoms with Crippen LogP contribution in [0.3, 0.4) is 0 Å². The molecule has 0 aromatic heterocycles. The maximum absolute atomic E-state index is 12.1. The molecule has 1 atom stereocenters. The number of carboxylic acids is 1. The maximum Gasteiger partial charge on any atom is 0.317 e. The zero-order valence-electron chi connectivity index (χ0n) is 12.5. The van der Waals surface area contributed by atoms with Crippen molar-refractivity contribution in [3.63, 3.8) is 0 Å². The highest BCUT2D eigenvalue weighted by Gasteiger charge is 2.41. The van der Waals surface area contributed by atoms with Crippen molar-refractivity contribution in [1.29, 1.82) is 0 Å². The van der Waals surface area contributed by atoms with Gasteiger partial charge in [-0.3, -0.25) is 4.79 Å². The van der Waals surface area contributed by atoms with Crippen LogP contribution >= 0.6 is 0 Å². The van der Waals surface area contributed by atoms with Gasteiger partial charge >= 0.3 is 12.0 Å². The number of carbonyl (C=O) groups excluding carboxylic acids is 1. The molecule has 2 aliphatic rings. The van der Waals surface area contributed by atoms with E-state index in [2.05, 4.69) is 12.2 Å². The molecule has 0 spiro atoms. The summed E-state index contributed by atoms with van der Waals surface area (Å²) in [5.74, 6) is -0.0623. The van der Waals surface area contributed by atoms with Crippen LogP contribution in [0.15, 0.2) is 0 Å². The van der Waals surface area contributed by atoms with Gasteiger partial charge in [0.25, 0.3) is 0 Å². The van der Waals surface area contributed by atoms with Crippen molar-refractivity contribution in [2.24, 2.45) is 11.3 Å². The van der Waals surface area contributed by atoms with Crippen LogP contribution in [-0.2, 0) is 4.79 Å². The van der Waals surface area contributed by atoms with Gasteiger partial charge in [0.1, 0.15) is 0 Å². The number of hydrogen-bond acceptors (Lipinski definition) is 2. The lowest BCUT2D eigenvalue weighted by molar-refractivity contribution is -0.152. The first-order valence-corrected chi connectivity index (χ1v) is 7.77. The molecule has 0 bridgehead atoms. The van der Waals surface area contributed by atoms with Crippen LogP contribution in [0, 0.1) is 11.3 Å². The van der Waals surface area contributed by atoms with Crippen LogP contribution in [0.2, 0.25) is 0 Å².